The second-order valence-corrected chi connectivity index (χ2v) is 4.77. The lowest BCUT2D eigenvalue weighted by atomic mass is 9.82. The first-order chi connectivity index (χ1) is 8.24. The topological polar surface area (TPSA) is 41.5 Å². The molecule has 0 amide bonds. The van der Waals surface area contributed by atoms with Gasteiger partial charge in [0.05, 0.1) is 7.11 Å². The Morgan fingerprint density at radius 1 is 1.24 bits per heavy atom. The number of hydrogen-bond donors (Lipinski definition) is 2. The van der Waals surface area contributed by atoms with Crippen LogP contribution in [-0.4, -0.2) is 25.3 Å². The summed E-state index contributed by atoms with van der Waals surface area (Å²) in [5.74, 6) is 1.41. The van der Waals surface area contributed by atoms with Crippen molar-refractivity contribution in [2.45, 2.75) is 37.6 Å². The van der Waals surface area contributed by atoms with Crippen molar-refractivity contribution in [3.63, 3.8) is 0 Å². The molecule has 0 unspecified atom stereocenters. The van der Waals surface area contributed by atoms with Crippen LogP contribution in [-0.2, 0) is 0 Å². The molecule has 0 saturated heterocycles. The lowest BCUT2D eigenvalue weighted by molar-refractivity contribution is 0.353. The quantitative estimate of drug-likeness (QED) is 0.846. The number of methoxy groups -OCH3 is 1. The van der Waals surface area contributed by atoms with E-state index in [9.17, 15) is 5.11 Å². The van der Waals surface area contributed by atoms with E-state index in [1.807, 2.05) is 19.2 Å². The highest BCUT2D eigenvalue weighted by molar-refractivity contribution is 5.42. The third kappa shape index (κ3) is 2.72. The lowest BCUT2D eigenvalue weighted by Crippen LogP contribution is -2.29. The molecule has 3 nitrogen and oxygen atoms in total. The van der Waals surface area contributed by atoms with Crippen molar-refractivity contribution < 1.29 is 9.84 Å². The van der Waals surface area contributed by atoms with Crippen LogP contribution < -0.4 is 10.1 Å². The molecule has 2 N–H and O–H groups in total. The molecule has 0 aromatic heterocycles. The largest absolute Gasteiger partial charge is 0.504 e. The zero-order valence-corrected chi connectivity index (χ0v) is 10.6. The maximum atomic E-state index is 9.58. The van der Waals surface area contributed by atoms with Crippen LogP contribution in [0.3, 0.4) is 0 Å². The first-order valence-corrected chi connectivity index (χ1v) is 6.28. The highest BCUT2D eigenvalue weighted by atomic mass is 16.5. The Bertz CT molecular complexity index is 370. The second-order valence-electron chi connectivity index (χ2n) is 4.77. The Kier molecular flexibility index (Phi) is 3.89. The standard InChI is InChI=1S/C14H21NO2/c1-15-12-6-3-10(4-7-12)11-5-8-13(16)14(9-11)17-2/h5,8-10,12,15-16H,3-4,6-7H2,1-2H3. The third-order valence-electron chi connectivity index (χ3n) is 3.81. The normalized spacial score (nSPS) is 24.6. The van der Waals surface area contributed by atoms with E-state index >= 15 is 0 Å². The molecule has 0 bridgehead atoms. The summed E-state index contributed by atoms with van der Waals surface area (Å²) in [6, 6.07) is 6.39. The molecule has 1 aromatic carbocycles. The summed E-state index contributed by atoms with van der Waals surface area (Å²) < 4.78 is 5.16. The molecule has 1 saturated carbocycles. The van der Waals surface area contributed by atoms with E-state index in [0.29, 0.717) is 17.7 Å². The van der Waals surface area contributed by atoms with Crippen molar-refractivity contribution in [2.24, 2.45) is 0 Å². The summed E-state index contributed by atoms with van der Waals surface area (Å²) in [5.41, 5.74) is 1.29. The number of hydrogen-bond acceptors (Lipinski definition) is 3. The molecule has 0 heterocycles. The summed E-state index contributed by atoms with van der Waals surface area (Å²) in [7, 11) is 3.63. The monoisotopic (exact) mass is 235 g/mol. The van der Waals surface area contributed by atoms with Gasteiger partial charge in [0, 0.05) is 6.04 Å². The predicted octanol–water partition coefficient (Wildman–Crippen LogP) is 2.65. The van der Waals surface area contributed by atoms with Crippen LogP contribution in [0.15, 0.2) is 18.2 Å². The van der Waals surface area contributed by atoms with E-state index in [1.165, 1.54) is 31.2 Å². The molecule has 1 aromatic rings. The summed E-state index contributed by atoms with van der Waals surface area (Å²) in [4.78, 5) is 0. The lowest BCUT2D eigenvalue weighted by Gasteiger charge is -2.28. The summed E-state index contributed by atoms with van der Waals surface area (Å²) in [6.07, 6.45) is 4.87. The molecule has 94 valence electrons. The molecular formula is C14H21NO2. The van der Waals surface area contributed by atoms with Crippen LogP contribution in [0.25, 0.3) is 0 Å². The van der Waals surface area contributed by atoms with Gasteiger partial charge in [-0.3, -0.25) is 0 Å². The minimum atomic E-state index is 0.222. The van der Waals surface area contributed by atoms with Gasteiger partial charge in [-0.15, -0.1) is 0 Å². The number of rotatable bonds is 3. The van der Waals surface area contributed by atoms with Gasteiger partial charge in [-0.05, 0) is 56.3 Å². The van der Waals surface area contributed by atoms with E-state index in [1.54, 1.807) is 13.2 Å². The zero-order valence-electron chi connectivity index (χ0n) is 10.6. The van der Waals surface area contributed by atoms with Crippen LogP contribution in [0.1, 0.15) is 37.2 Å². The molecule has 0 atom stereocenters. The van der Waals surface area contributed by atoms with E-state index in [2.05, 4.69) is 5.32 Å². The van der Waals surface area contributed by atoms with Gasteiger partial charge in [0.25, 0.3) is 0 Å². The number of ether oxygens (including phenoxy) is 1. The van der Waals surface area contributed by atoms with Crippen molar-refractivity contribution in [1.29, 1.82) is 0 Å². The van der Waals surface area contributed by atoms with Gasteiger partial charge in [0.1, 0.15) is 0 Å². The number of phenolic OH excluding ortho intramolecular Hbond substituents is 1. The Hall–Kier alpha value is -1.22. The Balaban J connectivity index is 2.08. The summed E-state index contributed by atoms with van der Waals surface area (Å²) >= 11 is 0. The molecule has 0 aliphatic heterocycles. The Morgan fingerprint density at radius 2 is 1.94 bits per heavy atom. The number of phenols is 1. The first-order valence-electron chi connectivity index (χ1n) is 6.28. The SMILES string of the molecule is CNC1CCC(c2ccc(O)c(OC)c2)CC1. The number of aromatic hydroxyl groups is 1. The molecule has 0 radical (unpaired) electrons. The van der Waals surface area contributed by atoms with Gasteiger partial charge in [0.2, 0.25) is 0 Å². The predicted molar refractivity (Wildman–Crippen MR) is 68.7 cm³/mol. The Morgan fingerprint density at radius 3 is 2.53 bits per heavy atom. The molecule has 2 rings (SSSR count). The third-order valence-corrected chi connectivity index (χ3v) is 3.81. The van der Waals surface area contributed by atoms with Gasteiger partial charge in [-0.1, -0.05) is 6.07 Å². The van der Waals surface area contributed by atoms with Gasteiger partial charge in [0.15, 0.2) is 11.5 Å². The van der Waals surface area contributed by atoms with Crippen molar-refractivity contribution in [3.8, 4) is 11.5 Å². The van der Waals surface area contributed by atoms with Crippen LogP contribution in [0.5, 0.6) is 11.5 Å². The summed E-state index contributed by atoms with van der Waals surface area (Å²) in [5, 5.41) is 12.9. The van der Waals surface area contributed by atoms with Crippen LogP contribution in [0, 0.1) is 0 Å². The van der Waals surface area contributed by atoms with E-state index in [0.717, 1.165) is 0 Å². The molecule has 17 heavy (non-hydrogen) atoms. The average Bonchev–Trinajstić information content (AvgIpc) is 2.39. The minimum Gasteiger partial charge on any atom is -0.504 e. The fourth-order valence-corrected chi connectivity index (χ4v) is 2.66. The maximum Gasteiger partial charge on any atom is 0.160 e. The van der Waals surface area contributed by atoms with Crippen LogP contribution >= 0.6 is 0 Å². The summed E-state index contributed by atoms with van der Waals surface area (Å²) in [6.45, 7) is 0. The smallest absolute Gasteiger partial charge is 0.160 e. The van der Waals surface area contributed by atoms with Crippen molar-refractivity contribution >= 4 is 0 Å². The highest BCUT2D eigenvalue weighted by Gasteiger charge is 2.21. The number of benzene rings is 1. The van der Waals surface area contributed by atoms with Crippen LogP contribution in [0.2, 0.25) is 0 Å². The number of nitrogens with one attached hydrogen (secondary N) is 1. The van der Waals surface area contributed by atoms with Gasteiger partial charge < -0.3 is 15.2 Å². The minimum absolute atomic E-state index is 0.222. The molecule has 0 spiro atoms. The molecule has 3 heteroatoms. The van der Waals surface area contributed by atoms with Crippen LogP contribution in [0.4, 0.5) is 0 Å². The van der Waals surface area contributed by atoms with E-state index < -0.39 is 0 Å². The maximum absolute atomic E-state index is 9.58. The highest BCUT2D eigenvalue weighted by Crippen LogP contribution is 2.36. The fraction of sp³-hybridized carbons (Fsp3) is 0.571. The zero-order chi connectivity index (χ0) is 12.3. The van der Waals surface area contributed by atoms with Gasteiger partial charge in [-0.25, -0.2) is 0 Å². The van der Waals surface area contributed by atoms with Gasteiger partial charge in [-0.2, -0.15) is 0 Å². The molecule has 1 aliphatic carbocycles. The van der Waals surface area contributed by atoms with E-state index in [4.69, 9.17) is 4.74 Å². The fourth-order valence-electron chi connectivity index (χ4n) is 2.66. The molecule has 1 aliphatic rings. The van der Waals surface area contributed by atoms with Crippen molar-refractivity contribution in [3.05, 3.63) is 23.8 Å². The Labute approximate surface area is 103 Å². The van der Waals surface area contributed by atoms with Gasteiger partial charge >= 0.3 is 0 Å². The average molecular weight is 235 g/mol. The van der Waals surface area contributed by atoms with Crippen molar-refractivity contribution in [2.75, 3.05) is 14.2 Å². The first kappa shape index (κ1) is 12.2. The molecular weight excluding hydrogens is 214 g/mol. The molecule has 1 fully saturated rings. The van der Waals surface area contributed by atoms with E-state index in [-0.39, 0.29) is 5.75 Å². The van der Waals surface area contributed by atoms with Crippen molar-refractivity contribution in [1.82, 2.24) is 5.32 Å². The second kappa shape index (κ2) is 5.41.